The number of pyridine rings is 1. The molecule has 1 amide bonds. The van der Waals surface area contributed by atoms with Gasteiger partial charge in [0.25, 0.3) is 5.91 Å². The molecule has 1 aromatic carbocycles. The molecule has 1 aliphatic heterocycles. The molecule has 0 aliphatic carbocycles. The van der Waals surface area contributed by atoms with E-state index in [1.54, 1.807) is 19.3 Å². The highest BCUT2D eigenvalue weighted by Gasteiger charge is 2.25. The number of benzene rings is 1. The van der Waals surface area contributed by atoms with Crippen molar-refractivity contribution in [1.82, 2.24) is 20.5 Å². The van der Waals surface area contributed by atoms with E-state index < -0.39 is 5.91 Å². The Morgan fingerprint density at radius 3 is 2.74 bits per heavy atom. The number of hydrogen-bond acceptors (Lipinski definition) is 7. The molecule has 2 heterocycles. The number of carbonyl (C=O) groups is 1. The van der Waals surface area contributed by atoms with Gasteiger partial charge in [-0.1, -0.05) is 30.9 Å². The molecular formula is C22H27N5O2S2. The average molecular weight is 458 g/mol. The summed E-state index contributed by atoms with van der Waals surface area (Å²) in [6, 6.07) is 11.4. The highest BCUT2D eigenvalue weighted by atomic mass is 32.2. The predicted molar refractivity (Wildman–Crippen MR) is 127 cm³/mol. The van der Waals surface area contributed by atoms with Gasteiger partial charge < -0.3 is 25.3 Å². The van der Waals surface area contributed by atoms with E-state index in [1.807, 2.05) is 30.3 Å². The second-order valence-electron chi connectivity index (χ2n) is 7.15. The number of rotatable bonds is 9. The molecular weight excluding hydrogens is 430 g/mol. The summed E-state index contributed by atoms with van der Waals surface area (Å²) in [5, 5.41) is 13.2. The zero-order valence-corrected chi connectivity index (χ0v) is 19.2. The van der Waals surface area contributed by atoms with Crippen molar-refractivity contribution in [1.29, 1.82) is 5.41 Å². The number of carbonyl (C=O) groups excluding carboxylic acids is 1. The largest absolute Gasteiger partial charge is 0.493 e. The Balaban J connectivity index is 1.62. The molecule has 1 saturated heterocycles. The zero-order chi connectivity index (χ0) is 22.2. The first-order chi connectivity index (χ1) is 15.0. The van der Waals surface area contributed by atoms with Crippen molar-refractivity contribution in [3.63, 3.8) is 0 Å². The molecule has 1 fully saturated rings. The van der Waals surface area contributed by atoms with Crippen LogP contribution in [0.3, 0.4) is 0 Å². The van der Waals surface area contributed by atoms with Crippen LogP contribution in [-0.4, -0.2) is 54.9 Å². The highest BCUT2D eigenvalue weighted by molar-refractivity contribution is 7.99. The maximum absolute atomic E-state index is 12.6. The molecule has 164 valence electrons. The van der Waals surface area contributed by atoms with E-state index in [0.29, 0.717) is 16.3 Å². The van der Waals surface area contributed by atoms with Gasteiger partial charge in [-0.3, -0.25) is 10.2 Å². The monoisotopic (exact) mass is 457 g/mol. The van der Waals surface area contributed by atoms with Gasteiger partial charge in [-0.15, -0.1) is 0 Å². The topological polar surface area (TPSA) is 93.2 Å². The quantitative estimate of drug-likeness (QED) is 0.261. The molecule has 0 saturated carbocycles. The average Bonchev–Trinajstić information content (AvgIpc) is 2.73. The SMILES string of the molecule is CCN1CC(COc2ccc(Sc3ccc(=S)[nH]c3C(=O)NC(=N)/C=C\NC)cc2)C1. The van der Waals surface area contributed by atoms with E-state index in [4.69, 9.17) is 22.4 Å². The Morgan fingerprint density at radius 2 is 2.06 bits per heavy atom. The number of amidine groups is 1. The van der Waals surface area contributed by atoms with Gasteiger partial charge in [-0.05, 0) is 55.2 Å². The van der Waals surface area contributed by atoms with Crippen LogP contribution in [0.1, 0.15) is 17.4 Å². The number of ether oxygens (including phenoxy) is 1. The van der Waals surface area contributed by atoms with Crippen molar-refractivity contribution >= 4 is 35.7 Å². The minimum atomic E-state index is -0.415. The van der Waals surface area contributed by atoms with Crippen LogP contribution < -0.4 is 15.4 Å². The van der Waals surface area contributed by atoms with Crippen LogP contribution in [-0.2, 0) is 0 Å². The van der Waals surface area contributed by atoms with E-state index in [1.165, 1.54) is 17.8 Å². The van der Waals surface area contributed by atoms with E-state index in [2.05, 4.69) is 27.4 Å². The molecule has 3 rings (SSSR count). The molecule has 4 N–H and O–H groups in total. The van der Waals surface area contributed by atoms with Crippen LogP contribution in [0.5, 0.6) is 5.75 Å². The summed E-state index contributed by atoms with van der Waals surface area (Å²) in [7, 11) is 1.72. The third-order valence-corrected chi connectivity index (χ3v) is 6.10. The number of likely N-dealkylation sites (tertiary alicyclic amines) is 1. The van der Waals surface area contributed by atoms with Crippen molar-refractivity contribution < 1.29 is 9.53 Å². The summed E-state index contributed by atoms with van der Waals surface area (Å²) in [6.45, 7) is 6.21. The molecule has 0 spiro atoms. The Labute approximate surface area is 191 Å². The normalized spacial score (nSPS) is 14.3. The molecule has 0 bridgehead atoms. The van der Waals surface area contributed by atoms with Crippen LogP contribution in [0.2, 0.25) is 0 Å². The lowest BCUT2D eigenvalue weighted by Gasteiger charge is -2.38. The second kappa shape index (κ2) is 11.1. The van der Waals surface area contributed by atoms with Crippen molar-refractivity contribution in [3.8, 4) is 5.75 Å². The van der Waals surface area contributed by atoms with Gasteiger partial charge in [-0.2, -0.15) is 0 Å². The van der Waals surface area contributed by atoms with Crippen molar-refractivity contribution in [2.45, 2.75) is 16.7 Å². The predicted octanol–water partition coefficient (Wildman–Crippen LogP) is 3.67. The minimum Gasteiger partial charge on any atom is -0.493 e. The smallest absolute Gasteiger partial charge is 0.274 e. The number of aromatic amines is 1. The summed E-state index contributed by atoms with van der Waals surface area (Å²) in [6.07, 6.45) is 3.03. The summed E-state index contributed by atoms with van der Waals surface area (Å²) >= 11 is 6.63. The van der Waals surface area contributed by atoms with E-state index in [0.717, 1.165) is 41.8 Å². The van der Waals surface area contributed by atoms with Crippen molar-refractivity contribution in [2.75, 3.05) is 33.3 Å². The number of nitrogens with zero attached hydrogens (tertiary/aromatic N) is 1. The molecule has 7 nitrogen and oxygen atoms in total. The van der Waals surface area contributed by atoms with Crippen LogP contribution in [0, 0.1) is 16.0 Å². The van der Waals surface area contributed by atoms with Crippen LogP contribution in [0.4, 0.5) is 0 Å². The molecule has 0 radical (unpaired) electrons. The van der Waals surface area contributed by atoms with Gasteiger partial charge >= 0.3 is 0 Å². The van der Waals surface area contributed by atoms with E-state index in [9.17, 15) is 4.79 Å². The standard InChI is InChI=1S/C22H27N5O2S2/c1-3-27-12-15(13-27)14-29-16-4-6-17(7-5-16)31-18-8-9-20(30)26-21(18)22(28)25-19(23)10-11-24-2/h4-11,15,24H,3,12-14H2,1-2H3,(H,26,30)(H2,23,25,28)/b11-10-. The van der Waals surface area contributed by atoms with Gasteiger partial charge in [0.05, 0.1) is 6.61 Å². The molecule has 9 heteroatoms. The number of hydrogen-bond donors (Lipinski definition) is 4. The molecule has 2 aromatic rings. The molecule has 31 heavy (non-hydrogen) atoms. The summed E-state index contributed by atoms with van der Waals surface area (Å²) in [5.74, 6) is 1.01. The van der Waals surface area contributed by atoms with Gasteiger partial charge in [0.2, 0.25) is 0 Å². The Hall–Kier alpha value is -2.62. The first-order valence-corrected chi connectivity index (χ1v) is 11.3. The van der Waals surface area contributed by atoms with Gasteiger partial charge in [0, 0.05) is 35.8 Å². The fourth-order valence-electron chi connectivity index (χ4n) is 3.09. The third-order valence-electron chi connectivity index (χ3n) is 4.79. The molecule has 1 aromatic heterocycles. The maximum Gasteiger partial charge on any atom is 0.274 e. The van der Waals surface area contributed by atoms with Gasteiger partial charge in [-0.25, -0.2) is 0 Å². The fraction of sp³-hybridized carbons (Fsp3) is 0.318. The molecule has 0 unspecified atom stereocenters. The Kier molecular flexibility index (Phi) is 8.27. The number of nitrogens with one attached hydrogen (secondary N) is 4. The maximum atomic E-state index is 12.6. The minimum absolute atomic E-state index is 0.0199. The lowest BCUT2D eigenvalue weighted by Crippen LogP contribution is -2.48. The van der Waals surface area contributed by atoms with Gasteiger partial charge in [0.15, 0.2) is 0 Å². The summed E-state index contributed by atoms with van der Waals surface area (Å²) < 4.78 is 6.36. The molecule has 1 aliphatic rings. The lowest BCUT2D eigenvalue weighted by molar-refractivity contribution is 0.0671. The first kappa shape index (κ1) is 23.1. The van der Waals surface area contributed by atoms with E-state index in [-0.39, 0.29) is 5.84 Å². The number of amides is 1. The number of aromatic nitrogens is 1. The first-order valence-electron chi connectivity index (χ1n) is 10.1. The Morgan fingerprint density at radius 1 is 1.32 bits per heavy atom. The van der Waals surface area contributed by atoms with Crippen LogP contribution in [0.15, 0.2) is 58.5 Å². The van der Waals surface area contributed by atoms with E-state index >= 15 is 0 Å². The molecule has 0 atom stereocenters. The third kappa shape index (κ3) is 6.68. The Bertz CT molecular complexity index is 998. The van der Waals surface area contributed by atoms with Crippen molar-refractivity contribution in [2.24, 2.45) is 5.92 Å². The highest BCUT2D eigenvalue weighted by Crippen LogP contribution is 2.31. The number of H-pyrrole nitrogens is 1. The summed E-state index contributed by atoms with van der Waals surface area (Å²) in [5.41, 5.74) is 0.325. The van der Waals surface area contributed by atoms with Crippen LogP contribution >= 0.6 is 24.0 Å². The van der Waals surface area contributed by atoms with Crippen LogP contribution in [0.25, 0.3) is 0 Å². The lowest BCUT2D eigenvalue weighted by atomic mass is 10.0. The van der Waals surface area contributed by atoms with Gasteiger partial charge in [0.1, 0.15) is 21.9 Å². The second-order valence-corrected chi connectivity index (χ2v) is 8.71. The zero-order valence-electron chi connectivity index (χ0n) is 17.6. The fourth-order valence-corrected chi connectivity index (χ4v) is 4.17. The van der Waals surface area contributed by atoms with Crippen molar-refractivity contribution in [3.05, 3.63) is 59.0 Å². The summed E-state index contributed by atoms with van der Waals surface area (Å²) in [4.78, 5) is 19.7.